The average Bonchev–Trinajstić information content (AvgIpc) is 2.24. The quantitative estimate of drug-likeness (QED) is 0.784. The minimum Gasteiger partial charge on any atom is -0.340 e. The van der Waals surface area contributed by atoms with Crippen LogP contribution in [-0.4, -0.2) is 4.98 Å². The minimum atomic E-state index is -0.570. The molecule has 0 spiro atoms. The number of aryl methyl sites for hydroxylation is 1. The van der Waals surface area contributed by atoms with Crippen molar-refractivity contribution in [1.82, 2.24) is 4.98 Å². The fraction of sp³-hybridized carbons (Fsp3) is 0.0833. The fourth-order valence-electron chi connectivity index (χ4n) is 1.34. The molecule has 4 heteroatoms. The van der Waals surface area contributed by atoms with Gasteiger partial charge in [0.15, 0.2) is 0 Å². The van der Waals surface area contributed by atoms with Crippen molar-refractivity contribution in [3.05, 3.63) is 53.7 Å². The van der Waals surface area contributed by atoms with Crippen LogP contribution >= 0.6 is 0 Å². The lowest BCUT2D eigenvalue weighted by Crippen LogP contribution is -1.97. The number of rotatable bonds is 2. The molecule has 2 rings (SSSR count). The first-order valence-corrected chi connectivity index (χ1v) is 4.81. The summed E-state index contributed by atoms with van der Waals surface area (Å²) >= 11 is 0. The third kappa shape index (κ3) is 2.34. The first kappa shape index (κ1) is 10.5. The van der Waals surface area contributed by atoms with Crippen molar-refractivity contribution in [2.24, 2.45) is 0 Å². The molecule has 0 saturated heterocycles. The van der Waals surface area contributed by atoms with Gasteiger partial charge in [-0.25, -0.2) is 9.37 Å². The van der Waals surface area contributed by atoms with Crippen LogP contribution in [0.4, 0.5) is 20.3 Å². The van der Waals surface area contributed by atoms with Gasteiger partial charge >= 0.3 is 0 Å². The molecule has 0 aliphatic carbocycles. The summed E-state index contributed by atoms with van der Waals surface area (Å²) < 4.78 is 25.8. The van der Waals surface area contributed by atoms with E-state index in [1.54, 1.807) is 18.2 Å². The zero-order valence-electron chi connectivity index (χ0n) is 8.67. The Bertz CT molecular complexity index is 512. The van der Waals surface area contributed by atoms with E-state index in [1.807, 2.05) is 6.92 Å². The Morgan fingerprint density at radius 3 is 2.69 bits per heavy atom. The van der Waals surface area contributed by atoms with Crippen molar-refractivity contribution in [3.63, 3.8) is 0 Å². The monoisotopic (exact) mass is 220 g/mol. The maximum atomic E-state index is 13.0. The lowest BCUT2D eigenvalue weighted by molar-refractivity contribution is 0.585. The van der Waals surface area contributed by atoms with Crippen molar-refractivity contribution >= 4 is 11.5 Å². The third-order valence-electron chi connectivity index (χ3n) is 2.18. The Morgan fingerprint density at radius 1 is 1.12 bits per heavy atom. The highest BCUT2D eigenvalue weighted by atomic mass is 19.1. The summed E-state index contributed by atoms with van der Waals surface area (Å²) in [4.78, 5) is 3.64. The molecule has 0 aliphatic heterocycles. The second-order valence-corrected chi connectivity index (χ2v) is 3.43. The largest absolute Gasteiger partial charge is 0.340 e. The zero-order chi connectivity index (χ0) is 11.5. The summed E-state index contributed by atoms with van der Waals surface area (Å²) in [5.74, 6) is -0.558. The van der Waals surface area contributed by atoms with Crippen molar-refractivity contribution in [2.75, 3.05) is 5.32 Å². The molecule has 0 unspecified atom stereocenters. The van der Waals surface area contributed by atoms with Gasteiger partial charge in [-0.15, -0.1) is 0 Å². The van der Waals surface area contributed by atoms with Crippen molar-refractivity contribution in [1.29, 1.82) is 0 Å². The molecule has 1 N–H and O–H groups in total. The van der Waals surface area contributed by atoms with E-state index in [9.17, 15) is 8.78 Å². The number of nitrogens with one attached hydrogen (secondary N) is 1. The Balaban J connectivity index is 2.30. The van der Waals surface area contributed by atoms with Crippen LogP contribution in [0.15, 0.2) is 36.4 Å². The van der Waals surface area contributed by atoms with E-state index in [4.69, 9.17) is 0 Å². The molecule has 82 valence electrons. The second kappa shape index (κ2) is 4.26. The molecule has 0 radical (unpaired) electrons. The fourth-order valence-corrected chi connectivity index (χ4v) is 1.34. The molecule has 0 atom stereocenters. The van der Waals surface area contributed by atoms with Gasteiger partial charge in [0, 0.05) is 5.69 Å². The van der Waals surface area contributed by atoms with Crippen molar-refractivity contribution < 1.29 is 8.78 Å². The summed E-state index contributed by atoms with van der Waals surface area (Å²) in [6.45, 7) is 1.83. The molecular formula is C12H10F2N2. The van der Waals surface area contributed by atoms with E-state index in [2.05, 4.69) is 10.3 Å². The molecule has 16 heavy (non-hydrogen) atoms. The topological polar surface area (TPSA) is 24.9 Å². The van der Waals surface area contributed by atoms with Gasteiger partial charge in [-0.1, -0.05) is 12.1 Å². The van der Waals surface area contributed by atoms with Crippen LogP contribution < -0.4 is 5.32 Å². The maximum Gasteiger partial charge on any atom is 0.214 e. The SMILES string of the molecule is Cc1ccc(F)cc1Nc1cccc(F)n1. The van der Waals surface area contributed by atoms with Crippen LogP contribution in [0.5, 0.6) is 0 Å². The van der Waals surface area contributed by atoms with Crippen molar-refractivity contribution in [2.45, 2.75) is 6.92 Å². The Morgan fingerprint density at radius 2 is 1.94 bits per heavy atom. The van der Waals surface area contributed by atoms with E-state index in [-0.39, 0.29) is 5.82 Å². The molecule has 1 aromatic carbocycles. The molecule has 1 heterocycles. The average molecular weight is 220 g/mol. The number of anilines is 2. The predicted molar refractivity (Wildman–Crippen MR) is 58.6 cm³/mol. The van der Waals surface area contributed by atoms with E-state index < -0.39 is 5.95 Å². The zero-order valence-corrected chi connectivity index (χ0v) is 8.67. The van der Waals surface area contributed by atoms with Crippen LogP contribution in [0.1, 0.15) is 5.56 Å². The minimum absolute atomic E-state index is 0.343. The Labute approximate surface area is 92.0 Å². The number of aromatic nitrogens is 1. The summed E-state index contributed by atoms with van der Waals surface area (Å²) in [7, 11) is 0. The summed E-state index contributed by atoms with van der Waals surface area (Å²) in [5, 5.41) is 2.86. The first-order chi connectivity index (χ1) is 7.65. The second-order valence-electron chi connectivity index (χ2n) is 3.43. The lowest BCUT2D eigenvalue weighted by Gasteiger charge is -2.08. The highest BCUT2D eigenvalue weighted by Gasteiger charge is 2.02. The lowest BCUT2D eigenvalue weighted by atomic mass is 10.2. The van der Waals surface area contributed by atoms with Gasteiger partial charge in [0.25, 0.3) is 0 Å². The molecule has 1 aromatic heterocycles. The van der Waals surface area contributed by atoms with Crippen LogP contribution in [0.25, 0.3) is 0 Å². The molecule has 0 fully saturated rings. The highest BCUT2D eigenvalue weighted by Crippen LogP contribution is 2.20. The standard InChI is InChI=1S/C12H10F2N2/c1-8-5-6-9(13)7-10(8)15-12-4-2-3-11(14)16-12/h2-7H,1H3,(H,15,16). The van der Waals surface area contributed by atoms with Gasteiger partial charge in [-0.2, -0.15) is 4.39 Å². The number of pyridine rings is 1. The normalized spacial score (nSPS) is 10.2. The van der Waals surface area contributed by atoms with Gasteiger partial charge in [-0.05, 0) is 36.8 Å². The number of hydrogen-bond donors (Lipinski definition) is 1. The number of hydrogen-bond acceptors (Lipinski definition) is 2. The van der Waals surface area contributed by atoms with Gasteiger partial charge < -0.3 is 5.32 Å². The number of halogens is 2. The number of nitrogens with zero attached hydrogens (tertiary/aromatic N) is 1. The van der Waals surface area contributed by atoms with E-state index in [0.29, 0.717) is 11.5 Å². The van der Waals surface area contributed by atoms with E-state index in [0.717, 1.165) is 5.56 Å². The van der Waals surface area contributed by atoms with Gasteiger partial charge in [0.1, 0.15) is 11.6 Å². The van der Waals surface area contributed by atoms with Gasteiger partial charge in [-0.3, -0.25) is 0 Å². The summed E-state index contributed by atoms with van der Waals surface area (Å²) in [6.07, 6.45) is 0. The van der Waals surface area contributed by atoms with E-state index >= 15 is 0 Å². The number of benzene rings is 1. The van der Waals surface area contributed by atoms with Crippen LogP contribution in [0.3, 0.4) is 0 Å². The molecule has 2 aromatic rings. The molecular weight excluding hydrogens is 210 g/mol. The molecule has 2 nitrogen and oxygen atoms in total. The van der Waals surface area contributed by atoms with Gasteiger partial charge in [0.2, 0.25) is 5.95 Å². The Kier molecular flexibility index (Phi) is 2.81. The van der Waals surface area contributed by atoms with Crippen LogP contribution in [0.2, 0.25) is 0 Å². The predicted octanol–water partition coefficient (Wildman–Crippen LogP) is 3.41. The van der Waals surface area contributed by atoms with Crippen molar-refractivity contribution in [3.8, 4) is 0 Å². The molecule has 0 bridgehead atoms. The maximum absolute atomic E-state index is 13.0. The molecule has 0 amide bonds. The Hall–Kier alpha value is -1.97. The highest BCUT2D eigenvalue weighted by molar-refractivity contribution is 5.60. The van der Waals surface area contributed by atoms with E-state index in [1.165, 1.54) is 18.2 Å². The van der Waals surface area contributed by atoms with Crippen LogP contribution in [-0.2, 0) is 0 Å². The van der Waals surface area contributed by atoms with Crippen LogP contribution in [0, 0.1) is 18.7 Å². The first-order valence-electron chi connectivity index (χ1n) is 4.81. The summed E-state index contributed by atoms with van der Waals surface area (Å²) in [6, 6.07) is 8.79. The smallest absolute Gasteiger partial charge is 0.214 e. The molecule has 0 aliphatic rings. The summed E-state index contributed by atoms with van der Waals surface area (Å²) in [5.41, 5.74) is 1.45. The third-order valence-corrected chi connectivity index (χ3v) is 2.18. The molecule has 0 saturated carbocycles. The van der Waals surface area contributed by atoms with Gasteiger partial charge in [0.05, 0.1) is 0 Å².